The minimum atomic E-state index is -0.459. The number of ketones is 1. The molecule has 0 aromatic heterocycles. The Hall–Kier alpha value is -3.54. The number of nitrogens with zero attached hydrogens (tertiary/aromatic N) is 1. The second kappa shape index (κ2) is 8.65. The molecule has 148 valence electrons. The number of nitrogens with one attached hydrogen (secondary N) is 1. The van der Waals surface area contributed by atoms with Crippen molar-refractivity contribution in [1.82, 2.24) is 0 Å². The van der Waals surface area contributed by atoms with Crippen LogP contribution in [-0.4, -0.2) is 10.7 Å². The van der Waals surface area contributed by atoms with Gasteiger partial charge in [-0.2, -0.15) is 0 Å². The lowest BCUT2D eigenvalue weighted by molar-refractivity contribution is -0.384. The highest BCUT2D eigenvalue weighted by Crippen LogP contribution is 2.27. The molecule has 0 aliphatic carbocycles. The molecule has 0 saturated carbocycles. The Balaban J connectivity index is 1.89. The van der Waals surface area contributed by atoms with Gasteiger partial charge in [-0.1, -0.05) is 18.2 Å². The molecule has 0 fully saturated rings. The summed E-state index contributed by atoms with van der Waals surface area (Å²) in [7, 11) is 0. The van der Waals surface area contributed by atoms with E-state index in [0.717, 1.165) is 22.4 Å². The van der Waals surface area contributed by atoms with Crippen molar-refractivity contribution in [3.63, 3.8) is 0 Å². The maximum atomic E-state index is 13.2. The number of rotatable bonds is 7. The summed E-state index contributed by atoms with van der Waals surface area (Å²) in [5.74, 6) is -0.550. The molecule has 3 rings (SSSR count). The lowest BCUT2D eigenvalue weighted by Gasteiger charge is -2.21. The van der Waals surface area contributed by atoms with Gasteiger partial charge in [-0.05, 0) is 66.9 Å². The van der Waals surface area contributed by atoms with Gasteiger partial charge >= 0.3 is 0 Å². The molecule has 5 nitrogen and oxygen atoms in total. The third-order valence-corrected chi connectivity index (χ3v) is 4.91. The van der Waals surface area contributed by atoms with Crippen LogP contribution >= 0.6 is 0 Å². The fraction of sp³-hybridized carbons (Fsp3) is 0.174. The van der Waals surface area contributed by atoms with Crippen LogP contribution < -0.4 is 5.32 Å². The van der Waals surface area contributed by atoms with Gasteiger partial charge in [0.2, 0.25) is 0 Å². The van der Waals surface area contributed by atoms with Crippen molar-refractivity contribution < 1.29 is 14.1 Å². The van der Waals surface area contributed by atoms with E-state index < -0.39 is 16.8 Å². The Bertz CT molecular complexity index is 1030. The number of anilines is 1. The van der Waals surface area contributed by atoms with E-state index in [1.807, 2.05) is 32.0 Å². The van der Waals surface area contributed by atoms with E-state index in [4.69, 9.17) is 0 Å². The maximum absolute atomic E-state index is 13.2. The molecule has 0 spiro atoms. The second-order valence-electron chi connectivity index (χ2n) is 6.98. The summed E-state index contributed by atoms with van der Waals surface area (Å²) >= 11 is 0. The first-order chi connectivity index (χ1) is 13.8. The fourth-order valence-corrected chi connectivity index (χ4v) is 3.05. The van der Waals surface area contributed by atoms with Crippen molar-refractivity contribution in [1.29, 1.82) is 0 Å². The first kappa shape index (κ1) is 20.2. The number of nitro benzene ring substituents is 1. The summed E-state index contributed by atoms with van der Waals surface area (Å²) in [6.45, 7) is 4.02. The zero-order valence-electron chi connectivity index (χ0n) is 16.2. The molecule has 1 unspecified atom stereocenters. The van der Waals surface area contributed by atoms with Crippen molar-refractivity contribution in [3.8, 4) is 0 Å². The Morgan fingerprint density at radius 3 is 2.24 bits per heavy atom. The Morgan fingerprint density at radius 1 is 1.00 bits per heavy atom. The van der Waals surface area contributed by atoms with Crippen molar-refractivity contribution in [2.45, 2.75) is 26.3 Å². The average Bonchev–Trinajstić information content (AvgIpc) is 2.70. The van der Waals surface area contributed by atoms with E-state index in [1.54, 1.807) is 12.1 Å². The topological polar surface area (TPSA) is 72.2 Å². The van der Waals surface area contributed by atoms with Crippen LogP contribution in [0.2, 0.25) is 0 Å². The number of benzene rings is 3. The lowest BCUT2D eigenvalue weighted by atomic mass is 9.97. The van der Waals surface area contributed by atoms with Crippen molar-refractivity contribution in [2.24, 2.45) is 0 Å². The normalized spacial score (nSPS) is 11.7. The molecule has 0 radical (unpaired) electrons. The van der Waals surface area contributed by atoms with Crippen LogP contribution in [0.25, 0.3) is 0 Å². The smallest absolute Gasteiger partial charge is 0.269 e. The maximum Gasteiger partial charge on any atom is 0.269 e. The summed E-state index contributed by atoms with van der Waals surface area (Å²) in [5.41, 5.74) is 4.28. The minimum Gasteiger partial charge on any atom is -0.378 e. The summed E-state index contributed by atoms with van der Waals surface area (Å²) in [6.07, 6.45) is 0.121. The van der Waals surface area contributed by atoms with Gasteiger partial charge in [0.05, 0.1) is 11.0 Å². The van der Waals surface area contributed by atoms with Crippen LogP contribution in [0.3, 0.4) is 0 Å². The van der Waals surface area contributed by atoms with Crippen LogP contribution in [-0.2, 0) is 0 Å². The third kappa shape index (κ3) is 5.04. The van der Waals surface area contributed by atoms with Gasteiger partial charge in [0.1, 0.15) is 5.82 Å². The molecule has 6 heteroatoms. The standard InChI is InChI=1S/C23H21FN2O3/c1-15-3-10-20(13-16(15)2)25-22(17-6-11-21(12-7-17)26(28)29)14-23(27)18-4-8-19(24)9-5-18/h3-13,22,25H,14H2,1-2H3. The molecule has 1 N–H and O–H groups in total. The molecule has 29 heavy (non-hydrogen) atoms. The Kier molecular flexibility index (Phi) is 6.02. The van der Waals surface area contributed by atoms with Gasteiger partial charge in [-0.15, -0.1) is 0 Å². The van der Waals surface area contributed by atoms with Gasteiger partial charge in [-0.25, -0.2) is 4.39 Å². The number of nitro groups is 1. The van der Waals surface area contributed by atoms with Crippen molar-refractivity contribution >= 4 is 17.2 Å². The van der Waals surface area contributed by atoms with Gasteiger partial charge < -0.3 is 5.32 Å². The molecule has 3 aromatic carbocycles. The highest BCUT2D eigenvalue weighted by atomic mass is 19.1. The number of hydrogen-bond acceptors (Lipinski definition) is 4. The molecule has 0 bridgehead atoms. The first-order valence-corrected chi connectivity index (χ1v) is 9.20. The molecule has 1 atom stereocenters. The van der Waals surface area contributed by atoms with E-state index >= 15 is 0 Å². The van der Waals surface area contributed by atoms with Crippen LogP contribution in [0, 0.1) is 29.8 Å². The van der Waals surface area contributed by atoms with Crippen LogP contribution in [0.1, 0.15) is 39.5 Å². The number of carbonyl (C=O) groups is 1. The average molecular weight is 392 g/mol. The third-order valence-electron chi connectivity index (χ3n) is 4.91. The minimum absolute atomic E-state index is 0.0106. The van der Waals surface area contributed by atoms with Crippen molar-refractivity contribution in [3.05, 3.63) is 105 Å². The predicted molar refractivity (Wildman–Crippen MR) is 111 cm³/mol. The fourth-order valence-electron chi connectivity index (χ4n) is 3.05. The second-order valence-corrected chi connectivity index (χ2v) is 6.98. The number of aryl methyl sites for hydroxylation is 2. The Morgan fingerprint density at radius 2 is 1.66 bits per heavy atom. The SMILES string of the molecule is Cc1ccc(NC(CC(=O)c2ccc(F)cc2)c2ccc([N+](=O)[O-])cc2)cc1C. The van der Waals surface area contributed by atoms with Gasteiger partial charge in [0, 0.05) is 29.8 Å². The number of halogens is 1. The molecular formula is C23H21FN2O3. The number of non-ortho nitro benzene ring substituents is 1. The summed E-state index contributed by atoms with van der Waals surface area (Å²) < 4.78 is 13.2. The lowest BCUT2D eigenvalue weighted by Crippen LogP contribution is -2.16. The quantitative estimate of drug-likeness (QED) is 0.314. The van der Waals surface area contributed by atoms with E-state index in [0.29, 0.717) is 5.56 Å². The number of hydrogen-bond donors (Lipinski definition) is 1. The number of carbonyl (C=O) groups excluding carboxylic acids is 1. The molecule has 0 aliphatic heterocycles. The highest BCUT2D eigenvalue weighted by molar-refractivity contribution is 5.96. The molecule has 0 heterocycles. The van der Waals surface area contributed by atoms with Gasteiger partial charge in [0.25, 0.3) is 5.69 Å². The van der Waals surface area contributed by atoms with Crippen LogP contribution in [0.15, 0.2) is 66.7 Å². The van der Waals surface area contributed by atoms with E-state index in [2.05, 4.69) is 5.32 Å². The monoisotopic (exact) mass is 392 g/mol. The zero-order chi connectivity index (χ0) is 21.0. The summed E-state index contributed by atoms with van der Waals surface area (Å²) in [6, 6.07) is 17.1. The molecule has 0 saturated heterocycles. The molecule has 0 aliphatic rings. The zero-order valence-corrected chi connectivity index (χ0v) is 16.2. The number of Topliss-reactive ketones (excluding diaryl/α,β-unsaturated/α-hetero) is 1. The van der Waals surface area contributed by atoms with Crippen molar-refractivity contribution in [2.75, 3.05) is 5.32 Å². The summed E-state index contributed by atoms with van der Waals surface area (Å²) in [4.78, 5) is 23.2. The largest absolute Gasteiger partial charge is 0.378 e. The predicted octanol–water partition coefficient (Wildman–Crippen LogP) is 5.78. The molecule has 0 amide bonds. The van der Waals surface area contributed by atoms with E-state index in [1.165, 1.54) is 36.4 Å². The van der Waals surface area contributed by atoms with Gasteiger partial charge in [-0.3, -0.25) is 14.9 Å². The van der Waals surface area contributed by atoms with Crippen LogP contribution in [0.5, 0.6) is 0 Å². The Labute approximate surface area is 168 Å². The summed E-state index contributed by atoms with van der Waals surface area (Å²) in [5, 5.41) is 14.3. The van der Waals surface area contributed by atoms with Crippen LogP contribution in [0.4, 0.5) is 15.8 Å². The van der Waals surface area contributed by atoms with E-state index in [-0.39, 0.29) is 17.9 Å². The van der Waals surface area contributed by atoms with Gasteiger partial charge in [0.15, 0.2) is 5.78 Å². The molecular weight excluding hydrogens is 371 g/mol. The first-order valence-electron chi connectivity index (χ1n) is 9.20. The molecule has 3 aromatic rings. The highest BCUT2D eigenvalue weighted by Gasteiger charge is 2.19. The van der Waals surface area contributed by atoms with E-state index in [9.17, 15) is 19.3 Å².